The fraction of sp³-hybridized carbons (Fsp3) is 0.455. The molecule has 1 aromatic rings. The summed E-state index contributed by atoms with van der Waals surface area (Å²) in [5, 5.41) is 0. The third-order valence-electron chi connectivity index (χ3n) is 2.49. The smallest absolute Gasteiger partial charge is 0.388 e. The van der Waals surface area contributed by atoms with Gasteiger partial charge in [-0.05, 0) is 12.1 Å². The maximum atomic E-state index is 12.9. The first-order valence-electron chi connectivity index (χ1n) is 6.02. The molecule has 0 atom stereocenters. The molecule has 0 saturated carbocycles. The Hall–Kier alpha value is -1.35. The molecule has 0 bridgehead atoms. The maximum absolute atomic E-state index is 12.9. The molecule has 0 aliphatic carbocycles. The molecule has 5 nitrogen and oxygen atoms in total. The second kappa shape index (κ2) is 6.12. The van der Waals surface area contributed by atoms with Gasteiger partial charge in [0, 0.05) is 0 Å². The van der Waals surface area contributed by atoms with Crippen molar-refractivity contribution in [2.24, 2.45) is 0 Å². The standard InChI is InChI=1S/C11H12F8O5S/c1-21-25(20,23-9(12)13,7-10(14,15)16,24-11(17,18)19)22-8-5-3-2-4-6-8/h2-6,9,20H,7H2,1H3. The van der Waals surface area contributed by atoms with Crippen LogP contribution in [0.2, 0.25) is 0 Å². The van der Waals surface area contributed by atoms with Crippen LogP contribution in [0.4, 0.5) is 35.1 Å². The fourth-order valence-electron chi connectivity index (χ4n) is 1.76. The quantitative estimate of drug-likeness (QED) is 0.640. The van der Waals surface area contributed by atoms with Crippen molar-refractivity contribution in [2.45, 2.75) is 19.2 Å². The average Bonchev–Trinajstić information content (AvgIpc) is 2.34. The molecular weight excluding hydrogens is 396 g/mol. The van der Waals surface area contributed by atoms with Crippen LogP contribution in [-0.4, -0.2) is 36.6 Å². The number of alkyl halides is 8. The van der Waals surface area contributed by atoms with Gasteiger partial charge < -0.3 is 4.18 Å². The summed E-state index contributed by atoms with van der Waals surface area (Å²) >= 11 is 0. The third-order valence-corrected chi connectivity index (χ3v) is 5.99. The van der Waals surface area contributed by atoms with Crippen LogP contribution < -0.4 is 4.18 Å². The van der Waals surface area contributed by atoms with Gasteiger partial charge in [0.2, 0.25) is 0 Å². The Bertz CT molecular complexity index is 589. The van der Waals surface area contributed by atoms with Crippen molar-refractivity contribution >= 4 is 9.70 Å². The third kappa shape index (κ3) is 5.57. The molecule has 0 aliphatic heterocycles. The van der Waals surface area contributed by atoms with E-state index >= 15 is 0 Å². The van der Waals surface area contributed by atoms with E-state index in [4.69, 9.17) is 0 Å². The highest BCUT2D eigenvalue weighted by Gasteiger charge is 2.75. The first-order chi connectivity index (χ1) is 11.1. The van der Waals surface area contributed by atoms with E-state index in [-0.39, 0.29) is 7.11 Å². The van der Waals surface area contributed by atoms with Crippen molar-refractivity contribution in [1.29, 1.82) is 0 Å². The summed E-state index contributed by atoms with van der Waals surface area (Å²) in [5.74, 6) is -4.08. The highest BCUT2D eigenvalue weighted by atomic mass is 32.4. The minimum Gasteiger partial charge on any atom is -0.388 e. The summed E-state index contributed by atoms with van der Waals surface area (Å²) in [6.45, 7) is -4.39. The number of hydrogen-bond donors (Lipinski definition) is 1. The molecule has 0 saturated heterocycles. The molecule has 0 aliphatic rings. The van der Waals surface area contributed by atoms with Crippen LogP contribution in [-0.2, 0) is 12.5 Å². The fourth-order valence-corrected chi connectivity index (χ4v) is 4.44. The number of benzene rings is 1. The summed E-state index contributed by atoms with van der Waals surface area (Å²) in [7, 11) is -8.31. The molecule has 1 aromatic carbocycles. The van der Waals surface area contributed by atoms with Gasteiger partial charge in [0.25, 0.3) is 0 Å². The zero-order valence-corrected chi connectivity index (χ0v) is 13.0. The lowest BCUT2D eigenvalue weighted by Crippen LogP contribution is -2.56. The molecule has 0 radical (unpaired) electrons. The molecule has 1 N–H and O–H groups in total. The predicted molar refractivity (Wildman–Crippen MR) is 69.4 cm³/mol. The van der Waals surface area contributed by atoms with Gasteiger partial charge in [0.1, 0.15) is 5.75 Å². The number of rotatable bonds is 7. The second-order valence-corrected chi connectivity index (χ2v) is 8.28. The summed E-state index contributed by atoms with van der Waals surface area (Å²) in [4.78, 5) is 0. The lowest BCUT2D eigenvalue weighted by Gasteiger charge is -2.68. The molecule has 25 heavy (non-hydrogen) atoms. The highest BCUT2D eigenvalue weighted by Crippen LogP contribution is 2.91. The first kappa shape index (κ1) is 21.7. The molecule has 0 amide bonds. The molecule has 148 valence electrons. The number of hydrogen-bond acceptors (Lipinski definition) is 5. The normalized spacial score (nSPS) is 16.4. The van der Waals surface area contributed by atoms with Crippen molar-refractivity contribution in [1.82, 2.24) is 0 Å². The molecule has 14 heteroatoms. The van der Waals surface area contributed by atoms with E-state index in [2.05, 4.69) is 16.7 Å². The second-order valence-electron chi connectivity index (χ2n) is 4.52. The SMILES string of the molecule is COS(O)(CC(F)(F)F)(Oc1ccccc1)(OC(F)F)OC(F)(F)F. The molecule has 0 heterocycles. The van der Waals surface area contributed by atoms with Crippen LogP contribution in [0.25, 0.3) is 0 Å². The van der Waals surface area contributed by atoms with E-state index in [0.717, 1.165) is 24.3 Å². The lowest BCUT2D eigenvalue weighted by atomic mass is 10.3. The monoisotopic (exact) mass is 408 g/mol. The highest BCUT2D eigenvalue weighted by molar-refractivity contribution is 8.46. The summed E-state index contributed by atoms with van der Waals surface area (Å²) in [5.41, 5.74) is 0. The van der Waals surface area contributed by atoms with Gasteiger partial charge in [-0.3, -0.25) is 8.74 Å². The van der Waals surface area contributed by atoms with E-state index in [1.54, 1.807) is 0 Å². The van der Waals surface area contributed by atoms with Gasteiger partial charge in [-0.1, -0.05) is 18.2 Å². The van der Waals surface area contributed by atoms with Gasteiger partial charge in [0.15, 0.2) is 15.5 Å². The minimum atomic E-state index is -8.36. The van der Waals surface area contributed by atoms with Crippen LogP contribution in [0.5, 0.6) is 5.75 Å². The average molecular weight is 408 g/mol. The van der Waals surface area contributed by atoms with Crippen molar-refractivity contribution in [3.8, 4) is 5.75 Å². The Morgan fingerprint density at radius 1 is 1.04 bits per heavy atom. The maximum Gasteiger partial charge on any atom is 0.538 e. The van der Waals surface area contributed by atoms with E-state index < -0.39 is 40.4 Å². The molecule has 1 rings (SSSR count). The van der Waals surface area contributed by atoms with Crippen LogP contribution in [0.3, 0.4) is 0 Å². The Labute approximate surface area is 135 Å². The van der Waals surface area contributed by atoms with Crippen LogP contribution in [0.15, 0.2) is 30.3 Å². The van der Waals surface area contributed by atoms with Crippen LogP contribution >= 0.6 is 9.70 Å². The zero-order valence-electron chi connectivity index (χ0n) is 12.2. The topological polar surface area (TPSA) is 57.2 Å². The van der Waals surface area contributed by atoms with Crippen LogP contribution in [0, 0.1) is 0 Å². The Balaban J connectivity index is 3.73. The zero-order chi connectivity index (χ0) is 19.6. The summed E-state index contributed by atoms with van der Waals surface area (Å²) < 4.78 is 127. The summed E-state index contributed by atoms with van der Waals surface area (Å²) in [6, 6.07) is 4.95. The first-order valence-corrected chi connectivity index (χ1v) is 8.30. The summed E-state index contributed by atoms with van der Waals surface area (Å²) in [6.07, 6.45) is -11.8. The van der Waals surface area contributed by atoms with E-state index in [0.29, 0.717) is 0 Å². The Morgan fingerprint density at radius 2 is 1.56 bits per heavy atom. The van der Waals surface area contributed by atoms with Gasteiger partial charge in [-0.15, -0.1) is 13.2 Å². The van der Waals surface area contributed by atoms with Gasteiger partial charge in [-0.25, -0.2) is 4.18 Å². The van der Waals surface area contributed by atoms with Crippen LogP contribution in [0.1, 0.15) is 0 Å². The van der Waals surface area contributed by atoms with Gasteiger partial charge in [0.05, 0.1) is 7.11 Å². The Kier molecular flexibility index (Phi) is 5.31. The molecule has 0 unspecified atom stereocenters. The number of halogens is 8. The van der Waals surface area contributed by atoms with Crippen molar-refractivity contribution in [2.75, 3.05) is 12.9 Å². The minimum absolute atomic E-state index is 0.0460. The predicted octanol–water partition coefficient (Wildman–Crippen LogP) is 5.06. The van der Waals surface area contributed by atoms with E-state index in [1.165, 1.54) is 6.07 Å². The van der Waals surface area contributed by atoms with Crippen molar-refractivity contribution in [3.05, 3.63) is 30.3 Å². The van der Waals surface area contributed by atoms with Gasteiger partial charge in [-0.2, -0.15) is 26.1 Å². The molecular formula is C11H12F8O5S. The largest absolute Gasteiger partial charge is 0.538 e. The van der Waals surface area contributed by atoms with Crippen molar-refractivity contribution in [3.63, 3.8) is 0 Å². The molecule has 0 fully saturated rings. The molecule has 0 aromatic heterocycles. The Morgan fingerprint density at radius 3 is 1.92 bits per heavy atom. The van der Waals surface area contributed by atoms with E-state index in [9.17, 15) is 39.7 Å². The molecule has 0 spiro atoms. The van der Waals surface area contributed by atoms with Gasteiger partial charge >= 0.3 is 19.2 Å². The van der Waals surface area contributed by atoms with E-state index in [1.807, 2.05) is 0 Å². The lowest BCUT2D eigenvalue weighted by molar-refractivity contribution is -0.301. The number of para-hydroxylation sites is 1. The van der Waals surface area contributed by atoms with Crippen molar-refractivity contribution < 1.29 is 56.4 Å².